The van der Waals surface area contributed by atoms with E-state index < -0.39 is 0 Å². The summed E-state index contributed by atoms with van der Waals surface area (Å²) >= 11 is 0. The molecule has 1 fully saturated rings. The number of piperazine rings is 1. The Morgan fingerprint density at radius 1 is 1.17 bits per heavy atom. The van der Waals surface area contributed by atoms with Gasteiger partial charge in [-0.1, -0.05) is 32.0 Å². The molecule has 0 unspecified atom stereocenters. The van der Waals surface area contributed by atoms with Gasteiger partial charge in [0, 0.05) is 49.7 Å². The molecule has 3 rings (SSSR count). The Bertz CT molecular complexity index is 758. The number of carbonyl (C=O) groups excluding carboxylic acids is 1. The number of nitrogens with zero attached hydrogens (tertiary/aromatic N) is 2. The van der Waals surface area contributed by atoms with Crippen LogP contribution in [0.1, 0.15) is 24.2 Å². The molecule has 0 aliphatic carbocycles. The molecule has 2 aromatic rings. The second-order valence-electron chi connectivity index (χ2n) is 6.58. The molecule has 1 aromatic heterocycles. The molecule has 0 bridgehead atoms. The van der Waals surface area contributed by atoms with Gasteiger partial charge in [0.25, 0.3) is 5.91 Å². The van der Waals surface area contributed by atoms with E-state index in [1.165, 1.54) is 6.07 Å². The summed E-state index contributed by atoms with van der Waals surface area (Å²) in [4.78, 5) is 31.7. The van der Waals surface area contributed by atoms with Crippen molar-refractivity contribution in [3.8, 4) is 0 Å². The molecule has 1 N–H and O–H groups in total. The van der Waals surface area contributed by atoms with E-state index in [1.807, 2.05) is 29.2 Å². The predicted octanol–water partition coefficient (Wildman–Crippen LogP) is 1.94. The molecule has 0 spiro atoms. The Hall–Kier alpha value is -2.14. The molecule has 0 atom stereocenters. The van der Waals surface area contributed by atoms with Crippen molar-refractivity contribution in [2.45, 2.75) is 13.8 Å². The lowest BCUT2D eigenvalue weighted by molar-refractivity contribution is 0.0625. The van der Waals surface area contributed by atoms with Crippen LogP contribution in [0, 0.1) is 5.92 Å². The Morgan fingerprint density at radius 2 is 1.87 bits per heavy atom. The first kappa shape index (κ1) is 15.7. The number of nitrogens with one attached hydrogen (secondary N) is 1. The zero-order valence-corrected chi connectivity index (χ0v) is 13.7. The summed E-state index contributed by atoms with van der Waals surface area (Å²) in [6, 6.07) is 8.88. The van der Waals surface area contributed by atoms with Gasteiger partial charge in [-0.05, 0) is 12.0 Å². The number of benzene rings is 1. The van der Waals surface area contributed by atoms with Gasteiger partial charge in [-0.3, -0.25) is 14.5 Å². The van der Waals surface area contributed by atoms with E-state index in [2.05, 4.69) is 23.7 Å². The molecule has 0 radical (unpaired) electrons. The Morgan fingerprint density at radius 3 is 2.57 bits per heavy atom. The van der Waals surface area contributed by atoms with E-state index in [9.17, 15) is 9.59 Å². The van der Waals surface area contributed by atoms with Gasteiger partial charge in [-0.25, -0.2) is 0 Å². The van der Waals surface area contributed by atoms with Gasteiger partial charge < -0.3 is 9.88 Å². The summed E-state index contributed by atoms with van der Waals surface area (Å²) in [5.74, 6) is 0.588. The Labute approximate surface area is 135 Å². The van der Waals surface area contributed by atoms with Gasteiger partial charge in [0.15, 0.2) is 0 Å². The van der Waals surface area contributed by atoms with E-state index in [0.717, 1.165) is 25.0 Å². The number of pyridine rings is 1. The third-order valence-corrected chi connectivity index (χ3v) is 4.26. The maximum Gasteiger partial charge on any atom is 0.254 e. The lowest BCUT2D eigenvalue weighted by atomic mass is 10.1. The van der Waals surface area contributed by atoms with E-state index >= 15 is 0 Å². The number of rotatable bonds is 3. The number of para-hydroxylation sites is 1. The first-order valence-electron chi connectivity index (χ1n) is 8.18. The molecule has 23 heavy (non-hydrogen) atoms. The van der Waals surface area contributed by atoms with Gasteiger partial charge in [-0.2, -0.15) is 0 Å². The number of fused-ring (bicyclic) bond motifs is 1. The van der Waals surface area contributed by atoms with Crippen LogP contribution < -0.4 is 5.56 Å². The fourth-order valence-corrected chi connectivity index (χ4v) is 3.20. The fourth-order valence-electron chi connectivity index (χ4n) is 3.20. The van der Waals surface area contributed by atoms with Gasteiger partial charge in [0.2, 0.25) is 5.56 Å². The summed E-state index contributed by atoms with van der Waals surface area (Å²) < 4.78 is 0. The van der Waals surface area contributed by atoms with Crippen LogP contribution in [0.2, 0.25) is 0 Å². The SMILES string of the molecule is CC(C)CN1CCN(C(=O)c2cc(=O)[nH]c3ccccc23)CC1. The van der Waals surface area contributed by atoms with Gasteiger partial charge in [0.1, 0.15) is 0 Å². The molecule has 1 aromatic carbocycles. The Balaban J connectivity index is 1.81. The van der Waals surface area contributed by atoms with Crippen LogP contribution >= 0.6 is 0 Å². The van der Waals surface area contributed by atoms with Crippen molar-refractivity contribution in [1.29, 1.82) is 0 Å². The molecule has 1 aliphatic heterocycles. The van der Waals surface area contributed by atoms with Gasteiger partial charge in [0.05, 0.1) is 5.56 Å². The number of H-pyrrole nitrogens is 1. The normalized spacial score (nSPS) is 16.2. The maximum absolute atomic E-state index is 12.8. The lowest BCUT2D eigenvalue weighted by Gasteiger charge is -2.35. The standard InChI is InChI=1S/C18H23N3O2/c1-13(2)12-20-7-9-21(10-8-20)18(23)15-11-17(22)19-16-6-4-3-5-14(15)16/h3-6,11,13H,7-10,12H2,1-2H3,(H,19,22). The van der Waals surface area contributed by atoms with Crippen molar-refractivity contribution >= 4 is 16.8 Å². The summed E-state index contributed by atoms with van der Waals surface area (Å²) in [5, 5.41) is 0.807. The Kier molecular flexibility index (Phi) is 4.48. The van der Waals surface area contributed by atoms with Gasteiger partial charge in [-0.15, -0.1) is 0 Å². The highest BCUT2D eigenvalue weighted by molar-refractivity contribution is 6.05. The quantitative estimate of drug-likeness (QED) is 0.942. The number of hydrogen-bond acceptors (Lipinski definition) is 3. The van der Waals surface area contributed by atoms with E-state index in [4.69, 9.17) is 0 Å². The molecule has 122 valence electrons. The van der Waals surface area contributed by atoms with Crippen molar-refractivity contribution in [3.63, 3.8) is 0 Å². The summed E-state index contributed by atoms with van der Waals surface area (Å²) in [6.45, 7) is 8.70. The van der Waals surface area contributed by atoms with E-state index in [1.54, 1.807) is 0 Å². The lowest BCUT2D eigenvalue weighted by Crippen LogP contribution is -2.49. The number of carbonyl (C=O) groups is 1. The van der Waals surface area contributed by atoms with Crippen molar-refractivity contribution in [2.24, 2.45) is 5.92 Å². The monoisotopic (exact) mass is 313 g/mol. The van der Waals surface area contributed by atoms with Crippen molar-refractivity contribution in [1.82, 2.24) is 14.8 Å². The number of hydrogen-bond donors (Lipinski definition) is 1. The third kappa shape index (κ3) is 3.45. The van der Waals surface area contributed by atoms with Crippen molar-refractivity contribution in [3.05, 3.63) is 46.2 Å². The molecule has 1 saturated heterocycles. The summed E-state index contributed by atoms with van der Waals surface area (Å²) in [7, 11) is 0. The highest BCUT2D eigenvalue weighted by Gasteiger charge is 2.24. The van der Waals surface area contributed by atoms with E-state index in [-0.39, 0.29) is 11.5 Å². The minimum Gasteiger partial charge on any atom is -0.336 e. The van der Waals surface area contributed by atoms with Crippen molar-refractivity contribution in [2.75, 3.05) is 32.7 Å². The van der Waals surface area contributed by atoms with Crippen LogP contribution in [0.25, 0.3) is 10.9 Å². The van der Waals surface area contributed by atoms with Crippen LogP contribution in [0.4, 0.5) is 0 Å². The number of amides is 1. The fraction of sp³-hybridized carbons (Fsp3) is 0.444. The third-order valence-electron chi connectivity index (χ3n) is 4.26. The predicted molar refractivity (Wildman–Crippen MR) is 91.8 cm³/mol. The van der Waals surface area contributed by atoms with E-state index in [0.29, 0.717) is 30.1 Å². The average molecular weight is 313 g/mol. The molecular weight excluding hydrogens is 290 g/mol. The minimum absolute atomic E-state index is 0.0449. The number of aromatic nitrogens is 1. The summed E-state index contributed by atoms with van der Waals surface area (Å²) in [5.41, 5.74) is 0.981. The highest BCUT2D eigenvalue weighted by Crippen LogP contribution is 2.17. The first-order valence-corrected chi connectivity index (χ1v) is 8.18. The molecule has 5 heteroatoms. The van der Waals surface area contributed by atoms with Crippen LogP contribution in [0.5, 0.6) is 0 Å². The van der Waals surface area contributed by atoms with Gasteiger partial charge >= 0.3 is 0 Å². The molecule has 1 amide bonds. The second-order valence-corrected chi connectivity index (χ2v) is 6.58. The smallest absolute Gasteiger partial charge is 0.254 e. The van der Waals surface area contributed by atoms with Crippen LogP contribution in [-0.2, 0) is 0 Å². The molecule has 1 aliphatic rings. The molecule has 2 heterocycles. The minimum atomic E-state index is -0.231. The first-order chi connectivity index (χ1) is 11.0. The van der Waals surface area contributed by atoms with Crippen LogP contribution in [0.3, 0.4) is 0 Å². The second kappa shape index (κ2) is 6.54. The zero-order chi connectivity index (χ0) is 16.4. The van der Waals surface area contributed by atoms with Crippen LogP contribution in [0.15, 0.2) is 35.1 Å². The van der Waals surface area contributed by atoms with Crippen LogP contribution in [-0.4, -0.2) is 53.4 Å². The topological polar surface area (TPSA) is 56.4 Å². The van der Waals surface area contributed by atoms with Crippen molar-refractivity contribution < 1.29 is 4.79 Å². The summed E-state index contributed by atoms with van der Waals surface area (Å²) in [6.07, 6.45) is 0. The molecule has 0 saturated carbocycles. The largest absolute Gasteiger partial charge is 0.336 e. The number of aromatic amines is 1. The highest BCUT2D eigenvalue weighted by atomic mass is 16.2. The molecular formula is C18H23N3O2. The average Bonchev–Trinajstić information content (AvgIpc) is 2.53. The maximum atomic E-state index is 12.8. The zero-order valence-electron chi connectivity index (χ0n) is 13.7. The molecule has 5 nitrogen and oxygen atoms in total.